The lowest BCUT2D eigenvalue weighted by molar-refractivity contribution is -0.138. The Morgan fingerprint density at radius 1 is 1.62 bits per heavy atom. The van der Waals surface area contributed by atoms with Gasteiger partial charge in [0.25, 0.3) is 0 Å². The molecule has 76 valence electrons. The molecule has 0 aromatic heterocycles. The summed E-state index contributed by atoms with van der Waals surface area (Å²) in [5.74, 6) is -0.246. The molecule has 13 heavy (non-hydrogen) atoms. The number of allylic oxidation sites excluding steroid dienone is 2. The van der Waals surface area contributed by atoms with Crippen molar-refractivity contribution in [2.45, 2.75) is 26.7 Å². The first-order valence-corrected chi connectivity index (χ1v) is 4.64. The van der Waals surface area contributed by atoms with Crippen molar-refractivity contribution in [3.8, 4) is 0 Å². The molecule has 0 spiro atoms. The average molecular weight is 185 g/mol. The summed E-state index contributed by atoms with van der Waals surface area (Å²) in [6.45, 7) is 4.49. The molecule has 3 N–H and O–H groups in total. The van der Waals surface area contributed by atoms with E-state index >= 15 is 0 Å². The van der Waals surface area contributed by atoms with Crippen molar-refractivity contribution in [3.63, 3.8) is 0 Å². The lowest BCUT2D eigenvalue weighted by Crippen LogP contribution is -2.19. The van der Waals surface area contributed by atoms with Gasteiger partial charge in [0.2, 0.25) is 0 Å². The van der Waals surface area contributed by atoms with Crippen LogP contribution in [-0.4, -0.2) is 17.6 Å². The Kier molecular flexibility index (Phi) is 6.24. The second kappa shape index (κ2) is 6.66. The maximum atomic E-state index is 10.4. The van der Waals surface area contributed by atoms with E-state index in [1.165, 1.54) is 0 Å². The predicted octanol–water partition coefficient (Wildman–Crippen LogP) is 1.64. The zero-order valence-corrected chi connectivity index (χ0v) is 8.36. The van der Waals surface area contributed by atoms with Gasteiger partial charge in [0.05, 0.1) is 0 Å². The summed E-state index contributed by atoms with van der Waals surface area (Å²) in [5, 5.41) is 8.58. The quantitative estimate of drug-likeness (QED) is 0.618. The summed E-state index contributed by atoms with van der Waals surface area (Å²) in [5.41, 5.74) is 5.48. The molecule has 0 aliphatic carbocycles. The van der Waals surface area contributed by atoms with Gasteiger partial charge >= 0.3 is 5.97 Å². The highest BCUT2D eigenvalue weighted by molar-refractivity contribution is 5.67. The predicted molar refractivity (Wildman–Crippen MR) is 53.4 cm³/mol. The summed E-state index contributed by atoms with van der Waals surface area (Å²) in [6.07, 6.45) is 5.09. The Hall–Kier alpha value is -0.830. The third-order valence-corrected chi connectivity index (χ3v) is 2.02. The average Bonchev–Trinajstić information content (AvgIpc) is 2.02. The maximum absolute atomic E-state index is 10.4. The summed E-state index contributed by atoms with van der Waals surface area (Å²) < 4.78 is 0. The molecule has 0 saturated heterocycles. The molecule has 1 unspecified atom stereocenters. The summed E-state index contributed by atoms with van der Waals surface area (Å²) in [7, 11) is 0. The normalized spacial score (nSPS) is 15.9. The van der Waals surface area contributed by atoms with Gasteiger partial charge < -0.3 is 10.8 Å². The van der Waals surface area contributed by atoms with Crippen LogP contribution < -0.4 is 5.73 Å². The van der Waals surface area contributed by atoms with E-state index in [2.05, 4.69) is 13.0 Å². The number of rotatable bonds is 6. The molecule has 0 aromatic rings. The Labute approximate surface area is 79.6 Å². The van der Waals surface area contributed by atoms with Crippen LogP contribution in [0.1, 0.15) is 26.7 Å². The number of nitrogens with two attached hydrogens (primary N) is 1. The number of hydrogen-bond acceptors (Lipinski definition) is 2. The minimum absolute atomic E-state index is 0.101. The van der Waals surface area contributed by atoms with Gasteiger partial charge in [0.15, 0.2) is 0 Å². The van der Waals surface area contributed by atoms with Gasteiger partial charge in [-0.3, -0.25) is 4.79 Å². The van der Waals surface area contributed by atoms with Gasteiger partial charge in [-0.05, 0) is 31.7 Å². The van der Waals surface area contributed by atoms with Crippen LogP contribution in [0.15, 0.2) is 12.2 Å². The molecule has 0 aliphatic rings. The van der Waals surface area contributed by atoms with Gasteiger partial charge in [-0.1, -0.05) is 19.1 Å². The first-order chi connectivity index (χ1) is 6.10. The van der Waals surface area contributed by atoms with Crippen molar-refractivity contribution >= 4 is 5.97 Å². The smallest absolute Gasteiger partial charge is 0.303 e. The van der Waals surface area contributed by atoms with Crippen LogP contribution in [0.5, 0.6) is 0 Å². The second-order valence-corrected chi connectivity index (χ2v) is 3.44. The van der Waals surface area contributed by atoms with Crippen LogP contribution >= 0.6 is 0 Å². The zero-order chi connectivity index (χ0) is 10.3. The fourth-order valence-corrected chi connectivity index (χ4v) is 1.44. The third kappa shape index (κ3) is 6.34. The van der Waals surface area contributed by atoms with Crippen molar-refractivity contribution < 1.29 is 9.90 Å². The molecule has 0 bridgehead atoms. The molecule has 0 rings (SSSR count). The summed E-state index contributed by atoms with van der Waals surface area (Å²) in [4.78, 5) is 10.4. The Bertz CT molecular complexity index is 178. The second-order valence-electron chi connectivity index (χ2n) is 3.44. The minimum Gasteiger partial charge on any atom is -0.481 e. The Balaban J connectivity index is 3.89. The van der Waals surface area contributed by atoms with Gasteiger partial charge in [0.1, 0.15) is 0 Å². The summed E-state index contributed by atoms with van der Waals surface area (Å²) >= 11 is 0. The molecular weight excluding hydrogens is 166 g/mol. The van der Waals surface area contributed by atoms with Crippen LogP contribution in [-0.2, 0) is 4.79 Å². The number of carboxylic acids is 1. The Morgan fingerprint density at radius 3 is 2.62 bits per heavy atom. The van der Waals surface area contributed by atoms with Gasteiger partial charge in [-0.15, -0.1) is 0 Å². The molecule has 3 nitrogen and oxygen atoms in total. The lowest BCUT2D eigenvalue weighted by atomic mass is 9.93. The molecule has 0 radical (unpaired) electrons. The molecule has 3 heteroatoms. The number of carboxylic acid groups (broad SMARTS) is 1. The van der Waals surface area contributed by atoms with Crippen LogP contribution in [0, 0.1) is 11.8 Å². The fraction of sp³-hybridized carbons (Fsp3) is 0.700. The first-order valence-electron chi connectivity index (χ1n) is 4.64. The molecule has 2 atom stereocenters. The molecule has 0 heterocycles. The molecular formula is C10H19NO2. The van der Waals surface area contributed by atoms with E-state index in [-0.39, 0.29) is 12.3 Å². The molecule has 0 fully saturated rings. The van der Waals surface area contributed by atoms with E-state index in [1.54, 1.807) is 0 Å². The highest BCUT2D eigenvalue weighted by Gasteiger charge is 2.13. The highest BCUT2D eigenvalue weighted by Crippen LogP contribution is 2.15. The number of hydrogen-bond donors (Lipinski definition) is 2. The molecule has 0 saturated carbocycles. The molecule has 0 amide bonds. The van der Waals surface area contributed by atoms with E-state index in [0.717, 1.165) is 6.42 Å². The van der Waals surface area contributed by atoms with Gasteiger partial charge in [-0.25, -0.2) is 0 Å². The molecule has 0 aliphatic heterocycles. The largest absolute Gasteiger partial charge is 0.481 e. The maximum Gasteiger partial charge on any atom is 0.303 e. The van der Waals surface area contributed by atoms with Gasteiger partial charge in [-0.2, -0.15) is 0 Å². The first kappa shape index (κ1) is 12.2. The fourth-order valence-electron chi connectivity index (χ4n) is 1.44. The summed E-state index contributed by atoms with van der Waals surface area (Å²) in [6, 6.07) is 0. The Morgan fingerprint density at radius 2 is 2.23 bits per heavy atom. The van der Waals surface area contributed by atoms with E-state index in [0.29, 0.717) is 12.5 Å². The highest BCUT2D eigenvalue weighted by atomic mass is 16.4. The van der Waals surface area contributed by atoms with Crippen LogP contribution in [0.4, 0.5) is 0 Å². The standard InChI is InChI=1S/C10H19NO2/c1-3-4-8(2)5-9(7-11)6-10(12)13/h3-4,8-9H,5-7,11H2,1-2H3,(H,12,13)/b4-3+/t8?,9-/m0/s1. The topological polar surface area (TPSA) is 63.3 Å². The van der Waals surface area contributed by atoms with Crippen molar-refractivity contribution in [2.24, 2.45) is 17.6 Å². The minimum atomic E-state index is -0.761. The van der Waals surface area contributed by atoms with Crippen molar-refractivity contribution in [3.05, 3.63) is 12.2 Å². The van der Waals surface area contributed by atoms with Crippen LogP contribution in [0.2, 0.25) is 0 Å². The SMILES string of the molecule is C/C=C/C(C)C[C@H](CN)CC(=O)O. The van der Waals surface area contributed by atoms with Gasteiger partial charge in [0, 0.05) is 6.42 Å². The van der Waals surface area contributed by atoms with Crippen molar-refractivity contribution in [1.29, 1.82) is 0 Å². The van der Waals surface area contributed by atoms with E-state index in [9.17, 15) is 4.79 Å². The monoisotopic (exact) mass is 185 g/mol. The van der Waals surface area contributed by atoms with Crippen LogP contribution in [0.3, 0.4) is 0 Å². The van der Waals surface area contributed by atoms with Crippen molar-refractivity contribution in [1.82, 2.24) is 0 Å². The number of carbonyl (C=O) groups is 1. The number of aliphatic carboxylic acids is 1. The lowest BCUT2D eigenvalue weighted by Gasteiger charge is -2.14. The zero-order valence-electron chi connectivity index (χ0n) is 8.36. The van der Waals surface area contributed by atoms with E-state index < -0.39 is 5.97 Å². The molecule has 0 aromatic carbocycles. The van der Waals surface area contributed by atoms with E-state index in [4.69, 9.17) is 10.8 Å². The van der Waals surface area contributed by atoms with Crippen molar-refractivity contribution in [2.75, 3.05) is 6.54 Å². The third-order valence-electron chi connectivity index (χ3n) is 2.02. The van der Waals surface area contributed by atoms with Crippen LogP contribution in [0.25, 0.3) is 0 Å². The van der Waals surface area contributed by atoms with E-state index in [1.807, 2.05) is 13.0 Å².